The molecule has 0 radical (unpaired) electrons. The zero-order chi connectivity index (χ0) is 15.4. The Bertz CT molecular complexity index is 673. The monoisotopic (exact) mass is 288 g/mol. The molecule has 0 fully saturated rings. The molecule has 1 heterocycles. The summed E-state index contributed by atoms with van der Waals surface area (Å²) >= 11 is 0. The Kier molecular flexibility index (Phi) is 4.62. The maximum Gasteiger partial charge on any atom is 0.322 e. The zero-order valence-corrected chi connectivity index (χ0v) is 12.3. The number of carbonyl (C=O) groups excluding carboxylic acids is 1. The van der Waals surface area contributed by atoms with Gasteiger partial charge in [-0.05, 0) is 25.0 Å². The van der Waals surface area contributed by atoms with Crippen molar-refractivity contribution in [2.24, 2.45) is 0 Å². The van der Waals surface area contributed by atoms with Crippen LogP contribution >= 0.6 is 0 Å². The number of hydrogen-bond acceptors (Lipinski definition) is 2. The minimum absolute atomic E-state index is 0.331. The van der Waals surface area contributed by atoms with E-state index in [0.29, 0.717) is 5.69 Å². The normalized spacial score (nSPS) is 10.8. The Balaban J connectivity index is 2.46. The molecule has 0 saturated heterocycles. The molecule has 2 N–H and O–H groups in total. The highest BCUT2D eigenvalue weighted by atomic mass is 16.4. The smallest absolute Gasteiger partial charge is 0.322 e. The first kappa shape index (κ1) is 15.1. The van der Waals surface area contributed by atoms with Gasteiger partial charge in [0.25, 0.3) is 5.91 Å². The standard InChI is InChI=1S/C16H20N2O3/c1-3-4-9-18-13-8-6-5-7-12(13)11(2)15(18)16(21)17-10-14(19)20/h5-8H,3-4,9-10H2,1-2H3,(H,17,21)(H,19,20). The van der Waals surface area contributed by atoms with E-state index in [4.69, 9.17) is 5.11 Å². The summed E-state index contributed by atoms with van der Waals surface area (Å²) < 4.78 is 1.99. The second kappa shape index (κ2) is 6.43. The van der Waals surface area contributed by atoms with E-state index >= 15 is 0 Å². The predicted octanol–water partition coefficient (Wildman–Crippen LogP) is 2.56. The fraction of sp³-hybridized carbons (Fsp3) is 0.375. The van der Waals surface area contributed by atoms with Crippen LogP contribution in [0.2, 0.25) is 0 Å². The number of aromatic nitrogens is 1. The quantitative estimate of drug-likeness (QED) is 0.858. The number of aryl methyl sites for hydroxylation is 2. The van der Waals surface area contributed by atoms with E-state index in [1.165, 1.54) is 0 Å². The van der Waals surface area contributed by atoms with Crippen molar-refractivity contribution in [3.05, 3.63) is 35.5 Å². The number of aliphatic carboxylic acids is 1. The number of benzene rings is 1. The van der Waals surface area contributed by atoms with E-state index in [1.807, 2.05) is 35.8 Å². The number of para-hydroxylation sites is 1. The van der Waals surface area contributed by atoms with Gasteiger partial charge >= 0.3 is 5.97 Å². The van der Waals surface area contributed by atoms with Crippen LogP contribution in [0.4, 0.5) is 0 Å². The summed E-state index contributed by atoms with van der Waals surface area (Å²) in [5.41, 5.74) is 2.47. The molecule has 112 valence electrons. The molecule has 0 unspecified atom stereocenters. The lowest BCUT2D eigenvalue weighted by molar-refractivity contribution is -0.135. The van der Waals surface area contributed by atoms with Crippen LogP contribution in [0.5, 0.6) is 0 Å². The van der Waals surface area contributed by atoms with E-state index < -0.39 is 5.97 Å². The molecule has 0 aliphatic rings. The van der Waals surface area contributed by atoms with Crippen LogP contribution in [0.1, 0.15) is 35.8 Å². The summed E-state index contributed by atoms with van der Waals surface area (Å²) in [6, 6.07) is 7.87. The van der Waals surface area contributed by atoms with Crippen LogP contribution in [0, 0.1) is 6.92 Å². The van der Waals surface area contributed by atoms with Gasteiger partial charge in [-0.15, -0.1) is 0 Å². The third-order valence-electron chi connectivity index (χ3n) is 3.57. The lowest BCUT2D eigenvalue weighted by Crippen LogP contribution is -2.31. The van der Waals surface area contributed by atoms with Crippen molar-refractivity contribution in [3.63, 3.8) is 0 Å². The van der Waals surface area contributed by atoms with Gasteiger partial charge in [0.2, 0.25) is 0 Å². The second-order valence-electron chi connectivity index (χ2n) is 5.07. The number of carbonyl (C=O) groups is 2. The summed E-state index contributed by atoms with van der Waals surface area (Å²) in [6.45, 7) is 4.39. The van der Waals surface area contributed by atoms with Gasteiger partial charge in [0.15, 0.2) is 0 Å². The van der Waals surface area contributed by atoms with Crippen LogP contribution in [0.15, 0.2) is 24.3 Å². The highest BCUT2D eigenvalue weighted by Crippen LogP contribution is 2.26. The summed E-state index contributed by atoms with van der Waals surface area (Å²) in [7, 11) is 0. The molecule has 1 aromatic carbocycles. The fourth-order valence-corrected chi connectivity index (χ4v) is 2.56. The summed E-state index contributed by atoms with van der Waals surface area (Å²) in [5.74, 6) is -1.38. The third kappa shape index (κ3) is 3.07. The number of amides is 1. The number of rotatable bonds is 6. The van der Waals surface area contributed by atoms with Crippen LogP contribution < -0.4 is 5.32 Å². The molecule has 21 heavy (non-hydrogen) atoms. The van der Waals surface area contributed by atoms with Gasteiger partial charge in [-0.3, -0.25) is 9.59 Å². The molecule has 0 aliphatic heterocycles. The largest absolute Gasteiger partial charge is 0.480 e. The average Bonchev–Trinajstić information content (AvgIpc) is 2.76. The fourth-order valence-electron chi connectivity index (χ4n) is 2.56. The molecule has 5 nitrogen and oxygen atoms in total. The number of fused-ring (bicyclic) bond motifs is 1. The van der Waals surface area contributed by atoms with E-state index in [2.05, 4.69) is 12.2 Å². The van der Waals surface area contributed by atoms with Crippen molar-refractivity contribution in [2.75, 3.05) is 6.54 Å². The molecule has 0 atom stereocenters. The average molecular weight is 288 g/mol. The molecule has 5 heteroatoms. The molecular weight excluding hydrogens is 268 g/mol. The summed E-state index contributed by atoms with van der Waals surface area (Å²) in [4.78, 5) is 23.0. The van der Waals surface area contributed by atoms with Gasteiger partial charge in [0.1, 0.15) is 12.2 Å². The van der Waals surface area contributed by atoms with Gasteiger partial charge in [-0.2, -0.15) is 0 Å². The van der Waals surface area contributed by atoms with Gasteiger partial charge in [-0.25, -0.2) is 0 Å². The van der Waals surface area contributed by atoms with Gasteiger partial charge < -0.3 is 15.0 Å². The Labute approximate surface area is 123 Å². The lowest BCUT2D eigenvalue weighted by Gasteiger charge is -2.10. The first-order chi connectivity index (χ1) is 10.1. The first-order valence-corrected chi connectivity index (χ1v) is 7.14. The minimum Gasteiger partial charge on any atom is -0.480 e. The number of carboxylic acid groups (broad SMARTS) is 1. The van der Waals surface area contributed by atoms with E-state index in [1.54, 1.807) is 0 Å². The maximum absolute atomic E-state index is 12.3. The Morgan fingerprint density at radius 1 is 1.29 bits per heavy atom. The number of nitrogens with zero attached hydrogens (tertiary/aromatic N) is 1. The van der Waals surface area contributed by atoms with Crippen molar-refractivity contribution >= 4 is 22.8 Å². The van der Waals surface area contributed by atoms with E-state index in [0.717, 1.165) is 35.9 Å². The first-order valence-electron chi connectivity index (χ1n) is 7.14. The van der Waals surface area contributed by atoms with Crippen molar-refractivity contribution < 1.29 is 14.7 Å². The Hall–Kier alpha value is -2.30. The number of nitrogens with one attached hydrogen (secondary N) is 1. The van der Waals surface area contributed by atoms with Crippen molar-refractivity contribution in [1.82, 2.24) is 9.88 Å². The maximum atomic E-state index is 12.3. The minimum atomic E-state index is -1.04. The molecule has 0 aliphatic carbocycles. The van der Waals surface area contributed by atoms with Gasteiger partial charge in [-0.1, -0.05) is 31.5 Å². The molecule has 2 rings (SSSR count). The lowest BCUT2D eigenvalue weighted by atomic mass is 10.1. The predicted molar refractivity (Wildman–Crippen MR) is 81.6 cm³/mol. The summed E-state index contributed by atoms with van der Waals surface area (Å²) in [6.07, 6.45) is 2.00. The van der Waals surface area contributed by atoms with E-state index in [-0.39, 0.29) is 12.5 Å². The second-order valence-corrected chi connectivity index (χ2v) is 5.07. The number of hydrogen-bond donors (Lipinski definition) is 2. The topological polar surface area (TPSA) is 71.3 Å². The molecular formula is C16H20N2O3. The molecule has 0 spiro atoms. The molecule has 0 saturated carbocycles. The van der Waals surface area contributed by atoms with Crippen molar-refractivity contribution in [1.29, 1.82) is 0 Å². The highest BCUT2D eigenvalue weighted by Gasteiger charge is 2.19. The SMILES string of the molecule is CCCCn1c(C(=O)NCC(=O)O)c(C)c2ccccc21. The van der Waals surface area contributed by atoms with Gasteiger partial charge in [0, 0.05) is 17.4 Å². The van der Waals surface area contributed by atoms with E-state index in [9.17, 15) is 9.59 Å². The third-order valence-corrected chi connectivity index (χ3v) is 3.57. The zero-order valence-electron chi connectivity index (χ0n) is 12.3. The van der Waals surface area contributed by atoms with Crippen LogP contribution in [-0.2, 0) is 11.3 Å². The number of unbranched alkanes of at least 4 members (excludes halogenated alkanes) is 1. The van der Waals surface area contributed by atoms with Crippen LogP contribution in [0.3, 0.4) is 0 Å². The van der Waals surface area contributed by atoms with Crippen molar-refractivity contribution in [2.45, 2.75) is 33.2 Å². The molecule has 0 bridgehead atoms. The molecule has 1 amide bonds. The Morgan fingerprint density at radius 3 is 2.67 bits per heavy atom. The molecule has 2 aromatic rings. The number of carboxylic acids is 1. The van der Waals surface area contributed by atoms with Crippen LogP contribution in [0.25, 0.3) is 10.9 Å². The van der Waals surface area contributed by atoms with Crippen LogP contribution in [-0.4, -0.2) is 28.1 Å². The highest BCUT2D eigenvalue weighted by molar-refractivity contribution is 6.02. The Morgan fingerprint density at radius 2 is 2.00 bits per heavy atom. The van der Waals surface area contributed by atoms with Gasteiger partial charge in [0.05, 0.1) is 0 Å². The van der Waals surface area contributed by atoms with Crippen molar-refractivity contribution in [3.8, 4) is 0 Å². The molecule has 1 aromatic heterocycles. The summed E-state index contributed by atoms with van der Waals surface area (Å²) in [5, 5.41) is 12.2.